The highest BCUT2D eigenvalue weighted by atomic mass is 15.0. The zero-order valence-corrected chi connectivity index (χ0v) is 22.5. The fraction of sp³-hybridized carbons (Fsp3) is 0.250. The molecule has 0 N–H and O–H groups in total. The lowest BCUT2D eigenvalue weighted by Crippen LogP contribution is -2.29. The van der Waals surface area contributed by atoms with Crippen LogP contribution in [-0.2, 0) is 7.05 Å². The predicted octanol–water partition coefficient (Wildman–Crippen LogP) is 9.15. The van der Waals surface area contributed by atoms with Gasteiger partial charge in [0.25, 0.3) is 0 Å². The summed E-state index contributed by atoms with van der Waals surface area (Å²) < 4.78 is 4.96. The van der Waals surface area contributed by atoms with Gasteiger partial charge in [-0.05, 0) is 84.0 Å². The van der Waals surface area contributed by atoms with Crippen molar-refractivity contribution in [3.8, 4) is 11.1 Å². The fourth-order valence-corrected chi connectivity index (χ4v) is 7.41. The van der Waals surface area contributed by atoms with Crippen molar-refractivity contribution in [2.75, 3.05) is 0 Å². The smallest absolute Gasteiger partial charge is 0.224 e. The second-order valence-corrected chi connectivity index (χ2v) is 11.6. The van der Waals surface area contributed by atoms with Crippen molar-refractivity contribution in [2.45, 2.75) is 51.9 Å². The molecule has 1 aliphatic rings. The van der Waals surface area contributed by atoms with E-state index in [-0.39, 0.29) is 0 Å². The van der Waals surface area contributed by atoms with Crippen LogP contribution in [0.4, 0.5) is 0 Å². The second kappa shape index (κ2) is 8.04. The van der Waals surface area contributed by atoms with Crippen LogP contribution < -0.4 is 4.57 Å². The quantitative estimate of drug-likeness (QED) is 0.129. The van der Waals surface area contributed by atoms with E-state index in [0.717, 1.165) is 0 Å². The van der Waals surface area contributed by atoms with Crippen molar-refractivity contribution in [2.24, 2.45) is 7.05 Å². The maximum absolute atomic E-state index is 2.61. The molecule has 2 heteroatoms. The largest absolute Gasteiger partial charge is 0.307 e. The summed E-state index contributed by atoms with van der Waals surface area (Å²) >= 11 is 0. The SMILES string of the molecule is Cc1cc2c3ccc(-c4ccccc4)cc3n3c4cc(C5CCCCC5)cc5cc[n+](C)c(c(c1C)c23)c54. The van der Waals surface area contributed by atoms with Gasteiger partial charge in [0.2, 0.25) is 5.52 Å². The first kappa shape index (κ1) is 22.1. The van der Waals surface area contributed by atoms with Crippen LogP contribution in [0.3, 0.4) is 0 Å². The van der Waals surface area contributed by atoms with E-state index in [9.17, 15) is 0 Å². The molecule has 0 radical (unpaired) electrons. The topological polar surface area (TPSA) is 8.29 Å². The first-order valence-corrected chi connectivity index (χ1v) is 14.2. The summed E-state index contributed by atoms with van der Waals surface area (Å²) in [5.41, 5.74) is 12.2. The van der Waals surface area contributed by atoms with Crippen molar-refractivity contribution in [3.63, 3.8) is 0 Å². The minimum Gasteiger partial charge on any atom is -0.307 e. The van der Waals surface area contributed by atoms with Crippen LogP contribution in [-0.4, -0.2) is 4.40 Å². The summed E-state index contributed by atoms with van der Waals surface area (Å²) in [6.07, 6.45) is 8.98. The first-order chi connectivity index (χ1) is 18.6. The molecule has 0 unspecified atom stereocenters. The third-order valence-electron chi connectivity index (χ3n) is 9.47. The van der Waals surface area contributed by atoms with E-state index >= 15 is 0 Å². The molecule has 0 spiro atoms. The van der Waals surface area contributed by atoms with Gasteiger partial charge in [-0.25, -0.2) is 4.57 Å². The Kier molecular flexibility index (Phi) is 4.68. The monoisotopic (exact) mass is 493 g/mol. The predicted molar refractivity (Wildman–Crippen MR) is 161 cm³/mol. The number of hydrogen-bond acceptors (Lipinski definition) is 0. The van der Waals surface area contributed by atoms with Crippen molar-refractivity contribution < 1.29 is 4.57 Å². The lowest BCUT2D eigenvalue weighted by molar-refractivity contribution is -0.643. The lowest BCUT2D eigenvalue weighted by Gasteiger charge is -2.23. The van der Waals surface area contributed by atoms with Crippen LogP contribution in [0.15, 0.2) is 79.0 Å². The molecule has 186 valence electrons. The second-order valence-electron chi connectivity index (χ2n) is 11.6. The minimum atomic E-state index is 0.667. The number of hydrogen-bond donors (Lipinski definition) is 0. The highest BCUT2D eigenvalue weighted by molar-refractivity contribution is 6.26. The van der Waals surface area contributed by atoms with E-state index in [4.69, 9.17) is 0 Å². The molecule has 38 heavy (non-hydrogen) atoms. The number of pyridine rings is 2. The molecule has 7 aromatic rings. The lowest BCUT2D eigenvalue weighted by atomic mass is 9.83. The minimum absolute atomic E-state index is 0.667. The van der Waals surface area contributed by atoms with Crippen molar-refractivity contribution in [1.82, 2.24) is 4.40 Å². The molecule has 3 aromatic heterocycles. The van der Waals surface area contributed by atoms with Gasteiger partial charge in [0.1, 0.15) is 7.05 Å². The molecule has 3 heterocycles. The van der Waals surface area contributed by atoms with Crippen LogP contribution in [0.25, 0.3) is 60.1 Å². The number of fused-ring (bicyclic) bond motifs is 5. The van der Waals surface area contributed by atoms with Crippen molar-refractivity contribution in [3.05, 3.63) is 95.7 Å². The normalized spacial score (nSPS) is 15.1. The Morgan fingerprint density at radius 3 is 2.37 bits per heavy atom. The van der Waals surface area contributed by atoms with Gasteiger partial charge in [0.15, 0.2) is 6.20 Å². The number of nitrogens with zero attached hydrogens (tertiary/aromatic N) is 2. The molecule has 2 nitrogen and oxygen atoms in total. The van der Waals surface area contributed by atoms with Crippen LogP contribution >= 0.6 is 0 Å². The number of aromatic nitrogens is 2. The van der Waals surface area contributed by atoms with E-state index < -0.39 is 0 Å². The summed E-state index contributed by atoms with van der Waals surface area (Å²) in [6, 6.07) is 27.7. The molecule has 1 saturated carbocycles. The Hall–Kier alpha value is -3.91. The first-order valence-electron chi connectivity index (χ1n) is 14.2. The standard InChI is InChI=1S/C36H33N2/c1-22-18-30-29-15-14-26(24-10-6-4-7-11-24)20-31(29)38-32-21-28(25-12-8-5-9-13-25)19-27-16-17-37(3)36(34(27)32)33(23(22)2)35(30)38/h4,6-7,10-11,14-21,25H,5,8-9,12-13H2,1-3H3/q+1. The van der Waals surface area contributed by atoms with E-state index in [1.54, 1.807) is 0 Å². The Labute approximate surface area is 223 Å². The van der Waals surface area contributed by atoms with Gasteiger partial charge in [0, 0.05) is 16.8 Å². The molecule has 0 saturated heterocycles. The zero-order chi connectivity index (χ0) is 25.5. The summed E-state index contributed by atoms with van der Waals surface area (Å²) in [4.78, 5) is 0. The van der Waals surface area contributed by atoms with Gasteiger partial charge >= 0.3 is 0 Å². The van der Waals surface area contributed by atoms with E-state index in [2.05, 4.69) is 109 Å². The number of rotatable bonds is 2. The summed E-state index contributed by atoms with van der Waals surface area (Å²) in [5.74, 6) is 0.667. The van der Waals surface area contributed by atoms with Gasteiger partial charge in [-0.1, -0.05) is 67.8 Å². The van der Waals surface area contributed by atoms with E-state index in [0.29, 0.717) is 5.92 Å². The summed E-state index contributed by atoms with van der Waals surface area (Å²) in [5, 5.41) is 6.86. The van der Waals surface area contributed by atoms with Gasteiger partial charge in [0.05, 0.1) is 27.3 Å². The average Bonchev–Trinajstić information content (AvgIpc) is 3.28. The fourth-order valence-electron chi connectivity index (χ4n) is 7.41. The Morgan fingerprint density at radius 2 is 1.55 bits per heavy atom. The molecule has 1 fully saturated rings. The van der Waals surface area contributed by atoms with Crippen LogP contribution in [0.5, 0.6) is 0 Å². The molecule has 1 aliphatic carbocycles. The maximum Gasteiger partial charge on any atom is 0.224 e. The van der Waals surface area contributed by atoms with Gasteiger partial charge in [-0.3, -0.25) is 0 Å². The van der Waals surface area contributed by atoms with E-state index in [1.807, 2.05) is 0 Å². The third-order valence-corrected chi connectivity index (χ3v) is 9.47. The molecule has 0 bridgehead atoms. The summed E-state index contributed by atoms with van der Waals surface area (Å²) in [7, 11) is 2.22. The average molecular weight is 494 g/mol. The Balaban J connectivity index is 1.61. The third kappa shape index (κ3) is 2.98. The van der Waals surface area contributed by atoms with Crippen LogP contribution in [0, 0.1) is 13.8 Å². The molecular weight excluding hydrogens is 460 g/mol. The van der Waals surface area contributed by atoms with Gasteiger partial charge in [-0.15, -0.1) is 0 Å². The Bertz CT molecular complexity index is 2020. The highest BCUT2D eigenvalue weighted by Gasteiger charge is 2.26. The number of benzene rings is 4. The number of aryl methyl sites for hydroxylation is 3. The maximum atomic E-state index is 2.61. The van der Waals surface area contributed by atoms with E-state index in [1.165, 1.54) is 109 Å². The molecule has 4 aromatic carbocycles. The van der Waals surface area contributed by atoms with Crippen molar-refractivity contribution >= 4 is 49.0 Å². The van der Waals surface area contributed by atoms with Crippen LogP contribution in [0.2, 0.25) is 0 Å². The molecule has 0 amide bonds. The Morgan fingerprint density at radius 1 is 0.737 bits per heavy atom. The van der Waals surface area contributed by atoms with Gasteiger partial charge < -0.3 is 4.40 Å². The van der Waals surface area contributed by atoms with Crippen molar-refractivity contribution in [1.29, 1.82) is 0 Å². The molecule has 0 atom stereocenters. The molecule has 8 rings (SSSR count). The van der Waals surface area contributed by atoms with Gasteiger partial charge in [-0.2, -0.15) is 0 Å². The molecular formula is C36H33N2+. The molecule has 0 aliphatic heterocycles. The highest BCUT2D eigenvalue weighted by Crippen LogP contribution is 2.44. The zero-order valence-electron chi connectivity index (χ0n) is 22.5. The summed E-state index contributed by atoms with van der Waals surface area (Å²) in [6.45, 7) is 4.58. The van der Waals surface area contributed by atoms with Crippen LogP contribution in [0.1, 0.15) is 54.7 Å².